The predicted molar refractivity (Wildman–Crippen MR) is 55.9 cm³/mol. The zero-order chi connectivity index (χ0) is 9.40. The minimum atomic E-state index is -1.71. The van der Waals surface area contributed by atoms with Gasteiger partial charge in [0.25, 0.3) is 0 Å². The largest absolute Gasteiger partial charge is 0.582 e. The molecule has 0 amide bonds. The highest BCUT2D eigenvalue weighted by Gasteiger charge is 2.14. The minimum absolute atomic E-state index is 0.552. The normalized spacial score (nSPS) is 14.4. The van der Waals surface area contributed by atoms with Crippen LogP contribution in [0.3, 0.4) is 0 Å². The molecule has 0 aromatic rings. The fraction of sp³-hybridized carbons (Fsp3) is 1.00. The van der Waals surface area contributed by atoms with Gasteiger partial charge in [0.1, 0.15) is 18.9 Å². The first-order valence-corrected chi connectivity index (χ1v) is 6.82. The lowest BCUT2D eigenvalue weighted by molar-refractivity contribution is 0.249. The Kier molecular flexibility index (Phi) is 8.30. The number of unbranched alkanes of at least 4 members (excludes halogenated alkanes) is 1. The van der Waals surface area contributed by atoms with Crippen molar-refractivity contribution in [1.82, 2.24) is 0 Å². The fourth-order valence-electron chi connectivity index (χ4n) is 1.07. The van der Waals surface area contributed by atoms with Crippen molar-refractivity contribution in [3.8, 4) is 0 Å². The average molecular weight is 209 g/mol. The van der Waals surface area contributed by atoms with E-state index in [1.54, 1.807) is 0 Å². The highest BCUT2D eigenvalue weighted by Crippen LogP contribution is 2.28. The maximum atomic E-state index is 10.5. The molecule has 2 atom stereocenters. The standard InChI is InChI=1S/C8H17O2PS/c1-3-5-6-8(4-2)7-10-11(9)12/h8H,3-7H2,1-2H3/p+1. The lowest BCUT2D eigenvalue weighted by Crippen LogP contribution is -2.05. The molecule has 0 bridgehead atoms. The minimum Gasteiger partial charge on any atom is -0.136 e. The van der Waals surface area contributed by atoms with Gasteiger partial charge in [-0.05, 0) is 16.9 Å². The topological polar surface area (TPSA) is 26.3 Å². The molecule has 0 spiro atoms. The molecule has 0 saturated heterocycles. The molecule has 0 radical (unpaired) electrons. The van der Waals surface area contributed by atoms with Crippen molar-refractivity contribution in [2.75, 3.05) is 6.61 Å². The molecule has 72 valence electrons. The van der Waals surface area contributed by atoms with Crippen molar-refractivity contribution < 1.29 is 9.09 Å². The Morgan fingerprint density at radius 2 is 2.17 bits per heavy atom. The third-order valence-corrected chi connectivity index (χ3v) is 2.68. The van der Waals surface area contributed by atoms with Crippen LogP contribution in [0.5, 0.6) is 0 Å². The Bertz CT molecular complexity index is 130. The van der Waals surface area contributed by atoms with E-state index in [-0.39, 0.29) is 0 Å². The van der Waals surface area contributed by atoms with E-state index in [1.807, 2.05) is 0 Å². The van der Waals surface area contributed by atoms with Crippen molar-refractivity contribution in [3.63, 3.8) is 0 Å². The summed E-state index contributed by atoms with van der Waals surface area (Å²) in [6, 6.07) is 0. The lowest BCUT2D eigenvalue weighted by Gasteiger charge is -2.09. The van der Waals surface area contributed by atoms with Crippen LogP contribution in [0.15, 0.2) is 0 Å². The maximum absolute atomic E-state index is 10.5. The summed E-state index contributed by atoms with van der Waals surface area (Å²) in [7, 11) is -1.71. The molecule has 0 heterocycles. The van der Waals surface area contributed by atoms with E-state index >= 15 is 0 Å². The van der Waals surface area contributed by atoms with E-state index < -0.39 is 7.23 Å². The molecule has 0 fully saturated rings. The Morgan fingerprint density at radius 1 is 1.50 bits per heavy atom. The van der Waals surface area contributed by atoms with E-state index in [0.29, 0.717) is 12.5 Å². The molecular formula is C8H18O2PS+. The van der Waals surface area contributed by atoms with Crippen molar-refractivity contribution in [2.45, 2.75) is 39.5 Å². The Morgan fingerprint density at radius 3 is 2.58 bits per heavy atom. The third-order valence-electron chi connectivity index (χ3n) is 1.96. The van der Waals surface area contributed by atoms with E-state index in [1.165, 1.54) is 19.3 Å². The zero-order valence-corrected chi connectivity index (χ0v) is 9.61. The van der Waals surface area contributed by atoms with Gasteiger partial charge in [-0.25, -0.2) is 0 Å². The van der Waals surface area contributed by atoms with Crippen LogP contribution >= 0.6 is 19.5 Å². The average Bonchev–Trinajstić information content (AvgIpc) is 2.05. The quantitative estimate of drug-likeness (QED) is 0.509. The monoisotopic (exact) mass is 209 g/mol. The van der Waals surface area contributed by atoms with Crippen LogP contribution in [0.2, 0.25) is 0 Å². The number of hydrogen-bond donors (Lipinski definition) is 1. The first kappa shape index (κ1) is 12.4. The third kappa shape index (κ3) is 7.08. The SMILES string of the molecule is CCCCC(CC)CO[P+](=O)S. The van der Waals surface area contributed by atoms with Crippen molar-refractivity contribution in [1.29, 1.82) is 0 Å². The second-order valence-electron chi connectivity index (χ2n) is 2.95. The van der Waals surface area contributed by atoms with Crippen LogP contribution in [0.4, 0.5) is 0 Å². The van der Waals surface area contributed by atoms with Crippen LogP contribution in [0, 0.1) is 5.92 Å². The van der Waals surface area contributed by atoms with E-state index in [2.05, 4.69) is 26.1 Å². The van der Waals surface area contributed by atoms with Gasteiger partial charge in [-0.3, -0.25) is 0 Å². The highest BCUT2D eigenvalue weighted by molar-refractivity contribution is 8.39. The molecule has 2 unspecified atom stereocenters. The van der Waals surface area contributed by atoms with E-state index in [4.69, 9.17) is 4.52 Å². The van der Waals surface area contributed by atoms with Crippen molar-refractivity contribution >= 4 is 19.5 Å². The van der Waals surface area contributed by atoms with Gasteiger partial charge in [0.05, 0.1) is 0 Å². The summed E-state index contributed by atoms with van der Waals surface area (Å²) in [5.41, 5.74) is 0. The Balaban J connectivity index is 3.45. The van der Waals surface area contributed by atoms with E-state index in [0.717, 1.165) is 6.42 Å². The molecule has 0 aromatic heterocycles. The summed E-state index contributed by atoms with van der Waals surface area (Å²) in [4.78, 5) is 0. The molecule has 0 aliphatic heterocycles. The summed E-state index contributed by atoms with van der Waals surface area (Å²) in [6.07, 6.45) is 4.70. The fourth-order valence-corrected chi connectivity index (χ4v) is 1.61. The molecule has 2 nitrogen and oxygen atoms in total. The van der Waals surface area contributed by atoms with E-state index in [9.17, 15) is 4.57 Å². The first-order chi connectivity index (χ1) is 5.70. The van der Waals surface area contributed by atoms with Crippen LogP contribution in [0.1, 0.15) is 39.5 Å². The Hall–Kier alpha value is 0.410. The van der Waals surface area contributed by atoms with Gasteiger partial charge in [-0.1, -0.05) is 33.1 Å². The summed E-state index contributed by atoms with van der Waals surface area (Å²) in [5.74, 6) is 0.552. The molecule has 0 aliphatic rings. The molecule has 0 aliphatic carbocycles. The molecule has 0 rings (SSSR count). The first-order valence-electron chi connectivity index (χ1n) is 4.49. The maximum Gasteiger partial charge on any atom is 0.582 e. The van der Waals surface area contributed by atoms with Crippen LogP contribution in [0.25, 0.3) is 0 Å². The van der Waals surface area contributed by atoms with Crippen LogP contribution in [-0.4, -0.2) is 6.61 Å². The summed E-state index contributed by atoms with van der Waals surface area (Å²) >= 11 is 3.69. The summed E-state index contributed by atoms with van der Waals surface area (Å²) < 4.78 is 15.5. The number of thiol groups is 1. The second-order valence-corrected chi connectivity index (χ2v) is 4.66. The molecular weight excluding hydrogens is 191 g/mol. The molecule has 12 heavy (non-hydrogen) atoms. The van der Waals surface area contributed by atoms with Gasteiger partial charge < -0.3 is 0 Å². The highest BCUT2D eigenvalue weighted by atomic mass is 32.7. The Labute approximate surface area is 81.1 Å². The van der Waals surface area contributed by atoms with Gasteiger partial charge in [-0.2, -0.15) is 0 Å². The summed E-state index contributed by atoms with van der Waals surface area (Å²) in [6.45, 7) is 4.90. The number of hydrogen-bond acceptors (Lipinski definition) is 2. The predicted octanol–water partition coefficient (Wildman–Crippen LogP) is 3.81. The second kappa shape index (κ2) is 8.03. The van der Waals surface area contributed by atoms with Crippen LogP contribution < -0.4 is 0 Å². The van der Waals surface area contributed by atoms with Gasteiger partial charge in [0.15, 0.2) is 0 Å². The molecule has 0 saturated carbocycles. The number of rotatable bonds is 7. The van der Waals surface area contributed by atoms with Gasteiger partial charge in [0.2, 0.25) is 0 Å². The van der Waals surface area contributed by atoms with Gasteiger partial charge in [0, 0.05) is 0 Å². The van der Waals surface area contributed by atoms with Crippen LogP contribution in [-0.2, 0) is 9.09 Å². The van der Waals surface area contributed by atoms with Gasteiger partial charge >= 0.3 is 7.23 Å². The van der Waals surface area contributed by atoms with Crippen molar-refractivity contribution in [3.05, 3.63) is 0 Å². The zero-order valence-electron chi connectivity index (χ0n) is 7.82. The molecule has 0 N–H and O–H groups in total. The molecule has 4 heteroatoms. The van der Waals surface area contributed by atoms with Crippen molar-refractivity contribution in [2.24, 2.45) is 5.92 Å². The summed E-state index contributed by atoms with van der Waals surface area (Å²) in [5, 5.41) is 0. The molecule has 0 aromatic carbocycles. The lowest BCUT2D eigenvalue weighted by atomic mass is 10.0. The van der Waals surface area contributed by atoms with Gasteiger partial charge in [-0.15, -0.1) is 4.52 Å². The smallest absolute Gasteiger partial charge is 0.136 e.